The third-order valence-electron chi connectivity index (χ3n) is 5.90. The Morgan fingerprint density at radius 3 is 2.58 bits per heavy atom. The van der Waals surface area contributed by atoms with Crippen LogP contribution in [0.2, 0.25) is 5.02 Å². The number of anilines is 4. The van der Waals surface area contributed by atoms with Crippen LogP contribution in [0.15, 0.2) is 47.5 Å². The van der Waals surface area contributed by atoms with Gasteiger partial charge in [0.1, 0.15) is 10.8 Å². The number of halogens is 1. The average molecular weight is 564 g/mol. The van der Waals surface area contributed by atoms with Gasteiger partial charge in [0.2, 0.25) is 5.95 Å². The van der Waals surface area contributed by atoms with Gasteiger partial charge in [-0.1, -0.05) is 23.7 Å². The van der Waals surface area contributed by atoms with Gasteiger partial charge in [-0.25, -0.2) is 13.4 Å². The van der Waals surface area contributed by atoms with Crippen molar-refractivity contribution >= 4 is 44.6 Å². The molecule has 0 spiro atoms. The Bertz CT molecular complexity index is 1650. The third-order valence-corrected chi connectivity index (χ3v) is 8.19. The zero-order chi connectivity index (χ0) is 32.8. The van der Waals surface area contributed by atoms with E-state index in [0.717, 1.165) is 0 Å². The topological polar surface area (TPSA) is 105 Å². The number of ether oxygens (including phenoxy) is 1. The summed E-state index contributed by atoms with van der Waals surface area (Å²) in [6.45, 7) is 4.06. The SMILES string of the molecule is [2H]c1c(C)c(C2CC([2H])([2H])NC([2H])([2H])C2)cc(OC(C)C)c1Nc1ncc(Cl)c(Nc2ccccc2S(=O)(=O)C([2H])(C)C)n1. The van der Waals surface area contributed by atoms with Crippen molar-refractivity contribution in [2.75, 3.05) is 23.6 Å². The quantitative estimate of drug-likeness (QED) is 0.276. The summed E-state index contributed by atoms with van der Waals surface area (Å²) in [4.78, 5) is 8.58. The molecule has 38 heavy (non-hydrogen) atoms. The molecule has 2 heterocycles. The number of hydrogen-bond donors (Lipinski definition) is 3. The lowest BCUT2D eigenvalue weighted by Crippen LogP contribution is -2.27. The maximum absolute atomic E-state index is 13.1. The lowest BCUT2D eigenvalue weighted by atomic mass is 9.87. The van der Waals surface area contributed by atoms with Gasteiger partial charge in [-0.3, -0.25) is 0 Å². The molecule has 0 radical (unpaired) electrons. The molecular weight excluding hydrogens is 522 g/mol. The van der Waals surface area contributed by atoms with Crippen LogP contribution < -0.4 is 20.7 Å². The van der Waals surface area contributed by atoms with Crippen LogP contribution in [0.3, 0.4) is 0 Å². The summed E-state index contributed by atoms with van der Waals surface area (Å²) in [6, 6.07) is 7.87. The molecule has 0 aliphatic carbocycles. The Morgan fingerprint density at radius 2 is 1.89 bits per heavy atom. The first-order valence-electron chi connectivity index (χ1n) is 15.2. The van der Waals surface area contributed by atoms with Crippen molar-refractivity contribution in [1.29, 1.82) is 0 Å². The van der Waals surface area contributed by atoms with Gasteiger partial charge in [-0.15, -0.1) is 0 Å². The van der Waals surface area contributed by atoms with E-state index < -0.39 is 34.0 Å². The fourth-order valence-corrected chi connectivity index (χ4v) is 5.23. The summed E-state index contributed by atoms with van der Waals surface area (Å²) in [5, 5.41) is 6.68. The second-order valence-corrected chi connectivity index (χ2v) is 12.1. The average Bonchev–Trinajstić information content (AvgIpc) is 2.87. The van der Waals surface area contributed by atoms with Crippen LogP contribution in [0.5, 0.6) is 5.75 Å². The van der Waals surface area contributed by atoms with Crippen molar-refractivity contribution in [3.63, 3.8) is 0 Å². The van der Waals surface area contributed by atoms with E-state index in [1.807, 2.05) is 13.8 Å². The number of rotatable bonds is 9. The summed E-state index contributed by atoms with van der Waals surface area (Å²) in [5.41, 5.74) is 1.55. The predicted octanol–water partition coefficient (Wildman–Crippen LogP) is 6.36. The first-order valence-corrected chi connectivity index (χ1v) is 14.1. The number of nitrogens with one attached hydrogen (secondary N) is 3. The van der Waals surface area contributed by atoms with Crippen LogP contribution in [-0.4, -0.2) is 42.7 Å². The number of sulfone groups is 1. The summed E-state index contributed by atoms with van der Waals surface area (Å²) in [5.74, 6) is -0.115. The van der Waals surface area contributed by atoms with Crippen molar-refractivity contribution in [1.82, 2.24) is 15.3 Å². The first-order chi connectivity index (χ1) is 20.2. The minimum atomic E-state index is -4.04. The van der Waals surface area contributed by atoms with Gasteiger partial charge in [0.15, 0.2) is 15.7 Å². The highest BCUT2D eigenvalue weighted by molar-refractivity contribution is 7.92. The fraction of sp³-hybridized carbons (Fsp3) is 0.429. The normalized spacial score (nSPS) is 19.9. The number of nitrogens with zero attached hydrogens (tertiary/aromatic N) is 2. The second kappa shape index (κ2) is 11.9. The van der Waals surface area contributed by atoms with Crippen LogP contribution >= 0.6 is 11.6 Å². The van der Waals surface area contributed by atoms with E-state index in [0.29, 0.717) is 11.1 Å². The van der Waals surface area contributed by atoms with Crippen LogP contribution in [0.4, 0.5) is 23.1 Å². The van der Waals surface area contributed by atoms with Crippen molar-refractivity contribution in [3.05, 3.63) is 58.7 Å². The van der Waals surface area contributed by atoms with Gasteiger partial charge in [0.05, 0.1) is 35.2 Å². The molecule has 1 fully saturated rings. The Balaban J connectivity index is 1.73. The van der Waals surface area contributed by atoms with E-state index in [-0.39, 0.29) is 63.8 Å². The van der Waals surface area contributed by atoms with E-state index in [9.17, 15) is 8.42 Å². The zero-order valence-corrected chi connectivity index (χ0v) is 23.5. The summed E-state index contributed by atoms with van der Waals surface area (Å²) in [6.07, 6.45) is 1.06. The number of piperidine rings is 1. The van der Waals surface area contributed by atoms with Crippen LogP contribution in [0.25, 0.3) is 0 Å². The minimum Gasteiger partial charge on any atom is -0.489 e. The van der Waals surface area contributed by atoms with Crippen LogP contribution in [-0.2, 0) is 9.84 Å². The van der Waals surface area contributed by atoms with Crippen LogP contribution in [0.1, 0.15) is 65.8 Å². The maximum atomic E-state index is 13.1. The molecule has 2 aromatic carbocycles. The van der Waals surface area contributed by atoms with Gasteiger partial charge in [-0.05, 0) is 102 Å². The van der Waals surface area contributed by atoms with Crippen LogP contribution in [0, 0.1) is 6.92 Å². The summed E-state index contributed by atoms with van der Waals surface area (Å²) >= 11 is 6.39. The maximum Gasteiger partial charge on any atom is 0.229 e. The molecule has 0 atom stereocenters. The highest BCUT2D eigenvalue weighted by Crippen LogP contribution is 2.37. The molecule has 1 saturated heterocycles. The van der Waals surface area contributed by atoms with Gasteiger partial charge < -0.3 is 20.7 Å². The second-order valence-electron chi connectivity index (χ2n) is 9.39. The number of para-hydroxylation sites is 1. The summed E-state index contributed by atoms with van der Waals surface area (Å²) < 4.78 is 82.1. The molecule has 0 amide bonds. The molecule has 204 valence electrons. The minimum absolute atomic E-state index is 0.0185. The Kier molecular flexibility index (Phi) is 6.57. The van der Waals surface area contributed by atoms with Crippen molar-refractivity contribution in [3.8, 4) is 5.75 Å². The van der Waals surface area contributed by atoms with Crippen molar-refractivity contribution < 1.29 is 21.4 Å². The Hall–Kier alpha value is -2.88. The standard InChI is InChI=1S/C28H36ClN5O3S/c1-17(2)37-25-15-21(20-10-12-30-13-11-20)19(5)14-24(25)33-28-31-16-22(29)27(34-28)32-23-8-6-7-9-26(23)38(35,36)18(3)4/h6-9,14-18,20,30H,10-13H2,1-5H3,(H2,31,32,33,34)/i12D2,13D2,14D,18D. The molecule has 0 bridgehead atoms. The highest BCUT2D eigenvalue weighted by Gasteiger charge is 2.24. The Labute approximate surface area is 238 Å². The van der Waals surface area contributed by atoms with Gasteiger partial charge in [0, 0.05) is 6.85 Å². The van der Waals surface area contributed by atoms with Gasteiger partial charge in [0.25, 0.3) is 0 Å². The van der Waals surface area contributed by atoms with Crippen molar-refractivity contribution in [2.24, 2.45) is 0 Å². The smallest absolute Gasteiger partial charge is 0.229 e. The molecule has 0 unspecified atom stereocenters. The molecule has 3 aromatic rings. The van der Waals surface area contributed by atoms with E-state index in [1.54, 1.807) is 25.1 Å². The fourth-order valence-electron chi connectivity index (χ4n) is 3.99. The highest BCUT2D eigenvalue weighted by atomic mass is 35.5. The number of hydrogen-bond acceptors (Lipinski definition) is 8. The largest absolute Gasteiger partial charge is 0.489 e. The monoisotopic (exact) mass is 563 g/mol. The van der Waals surface area contributed by atoms with Crippen molar-refractivity contribution in [2.45, 2.75) is 69.6 Å². The number of aromatic nitrogens is 2. The van der Waals surface area contributed by atoms with Gasteiger partial charge in [-0.2, -0.15) is 4.98 Å². The lowest BCUT2D eigenvalue weighted by molar-refractivity contribution is 0.243. The molecule has 3 N–H and O–H groups in total. The molecule has 10 heteroatoms. The Morgan fingerprint density at radius 1 is 1.18 bits per heavy atom. The van der Waals surface area contributed by atoms with Gasteiger partial charge >= 0.3 is 0 Å². The molecular formula is C28H36ClN5O3S. The summed E-state index contributed by atoms with van der Waals surface area (Å²) in [7, 11) is -4.04. The van der Waals surface area contributed by atoms with E-state index in [2.05, 4.69) is 25.9 Å². The first kappa shape index (κ1) is 21.0. The molecule has 1 aromatic heterocycles. The van der Waals surface area contributed by atoms with E-state index in [4.69, 9.17) is 24.6 Å². The number of benzene rings is 2. The molecule has 0 saturated carbocycles. The lowest BCUT2D eigenvalue weighted by Gasteiger charge is -2.26. The molecule has 8 nitrogen and oxygen atoms in total. The predicted molar refractivity (Wildman–Crippen MR) is 154 cm³/mol. The molecule has 4 rings (SSSR count). The molecule has 1 aliphatic rings. The third kappa shape index (κ3) is 6.39. The van der Waals surface area contributed by atoms with E-state index >= 15 is 0 Å². The molecule has 1 aliphatic heterocycles. The van der Waals surface area contributed by atoms with E-state index in [1.165, 1.54) is 32.2 Å². The zero-order valence-electron chi connectivity index (χ0n) is 27.9.